The summed E-state index contributed by atoms with van der Waals surface area (Å²) in [7, 11) is 0. The van der Waals surface area contributed by atoms with Gasteiger partial charge in [-0.2, -0.15) is 4.98 Å². The summed E-state index contributed by atoms with van der Waals surface area (Å²) in [6, 6.07) is 13.1. The van der Waals surface area contributed by atoms with Crippen LogP contribution in [0.5, 0.6) is 0 Å². The molecule has 0 spiro atoms. The summed E-state index contributed by atoms with van der Waals surface area (Å²) < 4.78 is 0. The van der Waals surface area contributed by atoms with Crippen LogP contribution in [0.4, 0.5) is 17.5 Å². The average Bonchev–Trinajstić information content (AvgIpc) is 3.35. The number of aromatic nitrogens is 3. The van der Waals surface area contributed by atoms with Crippen LogP contribution in [0.15, 0.2) is 48.8 Å². The Hall–Kier alpha value is -2.99. The molecule has 0 radical (unpaired) electrons. The molecule has 3 heterocycles. The topological polar surface area (TPSA) is 66.0 Å². The van der Waals surface area contributed by atoms with E-state index in [-0.39, 0.29) is 0 Å². The molecule has 2 aromatic heterocycles. The Labute approximate surface area is 196 Å². The normalized spacial score (nSPS) is 17.2. The molecule has 1 saturated carbocycles. The number of hydrogen-bond donors (Lipinski definition) is 2. The Balaban J connectivity index is 1.38. The van der Waals surface area contributed by atoms with Gasteiger partial charge in [-0.25, -0.2) is 4.98 Å². The van der Waals surface area contributed by atoms with E-state index in [9.17, 15) is 0 Å². The van der Waals surface area contributed by atoms with Crippen molar-refractivity contribution >= 4 is 17.5 Å². The summed E-state index contributed by atoms with van der Waals surface area (Å²) in [5.74, 6) is 1.47. The van der Waals surface area contributed by atoms with Crippen LogP contribution in [0.1, 0.15) is 56.1 Å². The second-order valence-electron chi connectivity index (χ2n) is 9.46. The number of benzene rings is 1. The predicted molar refractivity (Wildman–Crippen MR) is 135 cm³/mol. The molecule has 172 valence electrons. The fourth-order valence-electron chi connectivity index (χ4n) is 4.82. The number of rotatable bonds is 7. The lowest BCUT2D eigenvalue weighted by molar-refractivity contribution is 0.331. The van der Waals surface area contributed by atoms with Crippen molar-refractivity contribution in [1.29, 1.82) is 0 Å². The third-order valence-electron chi connectivity index (χ3n) is 6.75. The van der Waals surface area contributed by atoms with Crippen molar-refractivity contribution in [3.8, 4) is 11.3 Å². The maximum atomic E-state index is 4.88. The number of hydrogen-bond acceptors (Lipinski definition) is 6. The number of nitrogens with zero attached hydrogens (tertiary/aromatic N) is 4. The third-order valence-corrected chi connectivity index (χ3v) is 6.75. The van der Waals surface area contributed by atoms with Crippen molar-refractivity contribution in [3.05, 3.63) is 59.9 Å². The van der Waals surface area contributed by atoms with E-state index >= 15 is 0 Å². The van der Waals surface area contributed by atoms with Gasteiger partial charge in [0.05, 0.1) is 11.3 Å². The van der Waals surface area contributed by atoms with Crippen LogP contribution < -0.4 is 10.6 Å². The first kappa shape index (κ1) is 21.8. The van der Waals surface area contributed by atoms with E-state index in [1.54, 1.807) is 0 Å². The Bertz CT molecular complexity index is 1040. The molecule has 0 bridgehead atoms. The number of likely N-dealkylation sites (tertiary alicyclic amines) is 1. The Morgan fingerprint density at radius 3 is 2.39 bits per heavy atom. The SMILES string of the molecule is Cc1ccc(Nc2ncc(-c3ccc(CN4CCCC4)cn3)c(NC3CCCCC3)n2)cc1. The molecule has 1 aliphatic heterocycles. The molecule has 3 aromatic rings. The summed E-state index contributed by atoms with van der Waals surface area (Å²) in [4.78, 5) is 16.8. The molecule has 6 heteroatoms. The van der Waals surface area contributed by atoms with Crippen LogP contribution in [-0.2, 0) is 6.54 Å². The Morgan fingerprint density at radius 2 is 1.67 bits per heavy atom. The van der Waals surface area contributed by atoms with Crippen LogP contribution in [0.25, 0.3) is 11.3 Å². The summed E-state index contributed by atoms with van der Waals surface area (Å²) in [5, 5.41) is 7.07. The second-order valence-corrected chi connectivity index (χ2v) is 9.46. The van der Waals surface area contributed by atoms with Gasteiger partial charge in [0.1, 0.15) is 5.82 Å². The maximum absolute atomic E-state index is 4.88. The van der Waals surface area contributed by atoms with E-state index < -0.39 is 0 Å². The first-order chi connectivity index (χ1) is 16.2. The zero-order valence-corrected chi connectivity index (χ0v) is 19.6. The van der Waals surface area contributed by atoms with E-state index in [4.69, 9.17) is 9.97 Å². The Kier molecular flexibility index (Phi) is 6.81. The lowest BCUT2D eigenvalue weighted by Gasteiger charge is -2.24. The lowest BCUT2D eigenvalue weighted by Crippen LogP contribution is -2.23. The zero-order chi connectivity index (χ0) is 22.5. The van der Waals surface area contributed by atoms with Crippen LogP contribution in [0.3, 0.4) is 0 Å². The highest BCUT2D eigenvalue weighted by molar-refractivity contribution is 5.73. The molecule has 2 fully saturated rings. The summed E-state index contributed by atoms with van der Waals surface area (Å²) in [5.41, 5.74) is 5.36. The van der Waals surface area contributed by atoms with E-state index in [2.05, 4.69) is 63.8 Å². The predicted octanol–water partition coefficient (Wildman–Crippen LogP) is 5.93. The minimum Gasteiger partial charge on any atom is -0.367 e. The molecule has 2 N–H and O–H groups in total. The van der Waals surface area contributed by atoms with Gasteiger partial charge in [0, 0.05) is 30.7 Å². The highest BCUT2D eigenvalue weighted by Gasteiger charge is 2.18. The fourth-order valence-corrected chi connectivity index (χ4v) is 4.82. The van der Waals surface area contributed by atoms with Gasteiger partial charge in [0.15, 0.2) is 0 Å². The fraction of sp³-hybridized carbons (Fsp3) is 0.444. The van der Waals surface area contributed by atoms with E-state index in [1.165, 1.54) is 69.2 Å². The first-order valence-electron chi connectivity index (χ1n) is 12.4. The zero-order valence-electron chi connectivity index (χ0n) is 19.6. The number of anilines is 3. The van der Waals surface area contributed by atoms with Gasteiger partial charge in [-0.15, -0.1) is 0 Å². The molecule has 1 aliphatic carbocycles. The molecule has 5 rings (SSSR count). The van der Waals surface area contributed by atoms with E-state index in [1.807, 2.05) is 12.4 Å². The summed E-state index contributed by atoms with van der Waals surface area (Å²) >= 11 is 0. The molecule has 6 nitrogen and oxygen atoms in total. The van der Waals surface area contributed by atoms with Gasteiger partial charge in [-0.05, 0) is 69.5 Å². The van der Waals surface area contributed by atoms with Gasteiger partial charge in [0.2, 0.25) is 5.95 Å². The summed E-state index contributed by atoms with van der Waals surface area (Å²) in [6.45, 7) is 5.46. The molecule has 0 atom stereocenters. The van der Waals surface area contributed by atoms with Gasteiger partial charge < -0.3 is 10.6 Å². The molecule has 33 heavy (non-hydrogen) atoms. The molecule has 2 aliphatic rings. The summed E-state index contributed by atoms with van der Waals surface area (Å²) in [6.07, 6.45) is 12.8. The molecular weight excluding hydrogens is 408 g/mol. The molecule has 0 unspecified atom stereocenters. The van der Waals surface area contributed by atoms with Crippen molar-refractivity contribution in [3.63, 3.8) is 0 Å². The lowest BCUT2D eigenvalue weighted by atomic mass is 9.95. The van der Waals surface area contributed by atoms with Gasteiger partial charge in [-0.1, -0.05) is 43.0 Å². The van der Waals surface area contributed by atoms with Crippen LogP contribution in [0, 0.1) is 6.92 Å². The number of pyridine rings is 1. The van der Waals surface area contributed by atoms with Crippen LogP contribution >= 0.6 is 0 Å². The molecule has 1 saturated heterocycles. The van der Waals surface area contributed by atoms with Crippen molar-refractivity contribution in [2.75, 3.05) is 23.7 Å². The highest BCUT2D eigenvalue weighted by atomic mass is 15.2. The quantitative estimate of drug-likeness (QED) is 0.473. The van der Waals surface area contributed by atoms with E-state index in [0.717, 1.165) is 29.3 Å². The van der Waals surface area contributed by atoms with Crippen molar-refractivity contribution < 1.29 is 0 Å². The standard InChI is InChI=1S/C27H34N6/c1-20-9-12-23(13-10-20)31-27-29-18-24(26(32-27)30-22-7-3-2-4-8-22)25-14-11-21(17-28-25)19-33-15-5-6-16-33/h9-14,17-18,22H,2-8,15-16,19H2,1H3,(H2,29,30,31,32). The van der Waals surface area contributed by atoms with Crippen molar-refractivity contribution in [2.24, 2.45) is 0 Å². The van der Waals surface area contributed by atoms with Crippen LogP contribution in [-0.4, -0.2) is 39.0 Å². The molecule has 0 amide bonds. The van der Waals surface area contributed by atoms with Crippen molar-refractivity contribution in [2.45, 2.75) is 64.5 Å². The Morgan fingerprint density at radius 1 is 0.879 bits per heavy atom. The van der Waals surface area contributed by atoms with Crippen LogP contribution in [0.2, 0.25) is 0 Å². The molecule has 1 aromatic carbocycles. The van der Waals surface area contributed by atoms with Crippen molar-refractivity contribution in [1.82, 2.24) is 19.9 Å². The molecular formula is C27H34N6. The largest absolute Gasteiger partial charge is 0.367 e. The monoisotopic (exact) mass is 442 g/mol. The average molecular weight is 443 g/mol. The van der Waals surface area contributed by atoms with E-state index in [0.29, 0.717) is 12.0 Å². The third kappa shape index (κ3) is 5.69. The maximum Gasteiger partial charge on any atom is 0.229 e. The minimum absolute atomic E-state index is 0.453. The highest BCUT2D eigenvalue weighted by Crippen LogP contribution is 2.29. The smallest absolute Gasteiger partial charge is 0.229 e. The number of aryl methyl sites for hydroxylation is 1. The van der Waals surface area contributed by atoms with Gasteiger partial charge >= 0.3 is 0 Å². The second kappa shape index (κ2) is 10.3. The van der Waals surface area contributed by atoms with Gasteiger partial charge in [0.25, 0.3) is 0 Å². The minimum atomic E-state index is 0.453. The number of nitrogens with one attached hydrogen (secondary N) is 2. The first-order valence-corrected chi connectivity index (χ1v) is 12.4. The van der Waals surface area contributed by atoms with Gasteiger partial charge in [-0.3, -0.25) is 9.88 Å².